The molecule has 1 fully saturated rings. The van der Waals surface area contributed by atoms with Crippen molar-refractivity contribution in [2.75, 3.05) is 23.8 Å². The van der Waals surface area contributed by atoms with E-state index >= 15 is 0 Å². The average molecular weight is 313 g/mol. The van der Waals surface area contributed by atoms with Gasteiger partial charge in [0.2, 0.25) is 5.91 Å². The molecule has 7 nitrogen and oxygen atoms in total. The van der Waals surface area contributed by atoms with E-state index in [1.807, 2.05) is 18.2 Å². The molecule has 1 amide bonds. The Morgan fingerprint density at radius 2 is 1.91 bits per heavy atom. The van der Waals surface area contributed by atoms with Gasteiger partial charge in [-0.25, -0.2) is 0 Å². The van der Waals surface area contributed by atoms with E-state index in [4.69, 9.17) is 4.74 Å². The third-order valence-corrected chi connectivity index (χ3v) is 3.68. The van der Waals surface area contributed by atoms with E-state index in [1.165, 1.54) is 0 Å². The number of hydrogen-bond donors (Lipinski definition) is 2. The van der Waals surface area contributed by atoms with Crippen LogP contribution in [0.3, 0.4) is 0 Å². The van der Waals surface area contributed by atoms with Gasteiger partial charge < -0.3 is 15.4 Å². The first-order valence-electron chi connectivity index (χ1n) is 7.67. The summed E-state index contributed by atoms with van der Waals surface area (Å²) >= 11 is 0. The van der Waals surface area contributed by atoms with Gasteiger partial charge in [0.05, 0.1) is 12.2 Å². The fourth-order valence-corrected chi connectivity index (χ4v) is 2.37. The second-order valence-corrected chi connectivity index (χ2v) is 5.35. The number of nitrogens with zero attached hydrogens (tertiary/aromatic N) is 3. The summed E-state index contributed by atoms with van der Waals surface area (Å²) in [6.07, 6.45) is 3.25. The van der Waals surface area contributed by atoms with Crippen LogP contribution in [0.25, 0.3) is 0 Å². The van der Waals surface area contributed by atoms with Gasteiger partial charge in [0.1, 0.15) is 5.82 Å². The minimum absolute atomic E-state index is 0.00694. The number of hydrogen-bond acceptors (Lipinski definition) is 6. The Kier molecular flexibility index (Phi) is 5.10. The number of aromatic nitrogens is 3. The molecule has 0 radical (unpaired) electrons. The Morgan fingerprint density at radius 3 is 2.61 bits per heavy atom. The van der Waals surface area contributed by atoms with Crippen LogP contribution in [0.1, 0.15) is 18.5 Å². The molecule has 7 heteroatoms. The normalized spacial score (nSPS) is 15.1. The minimum Gasteiger partial charge on any atom is -0.381 e. The second-order valence-electron chi connectivity index (χ2n) is 5.35. The van der Waals surface area contributed by atoms with Crippen molar-refractivity contribution in [2.24, 2.45) is 5.92 Å². The zero-order valence-corrected chi connectivity index (χ0v) is 12.7. The summed E-state index contributed by atoms with van der Waals surface area (Å²) in [6, 6.07) is 9.27. The average Bonchev–Trinajstić information content (AvgIpc) is 2.63. The predicted octanol–water partition coefficient (Wildman–Crippen LogP) is 1.85. The molecule has 0 aliphatic carbocycles. The van der Waals surface area contributed by atoms with Crippen LogP contribution in [0.5, 0.6) is 0 Å². The zero-order chi connectivity index (χ0) is 15.9. The molecule has 0 bridgehead atoms. The van der Waals surface area contributed by atoms with Crippen LogP contribution >= 0.6 is 0 Å². The number of carbonyl (C=O) groups is 1. The molecule has 120 valence electrons. The molecule has 0 aromatic carbocycles. The maximum absolute atomic E-state index is 12.1. The second kappa shape index (κ2) is 7.64. The van der Waals surface area contributed by atoms with Gasteiger partial charge in [0.15, 0.2) is 5.82 Å². The summed E-state index contributed by atoms with van der Waals surface area (Å²) in [6.45, 7) is 1.85. The van der Waals surface area contributed by atoms with Crippen molar-refractivity contribution in [3.8, 4) is 0 Å². The number of amides is 1. The highest BCUT2D eigenvalue weighted by atomic mass is 16.5. The molecular formula is C16H19N5O2. The maximum Gasteiger partial charge on any atom is 0.228 e. The Morgan fingerprint density at radius 1 is 1.13 bits per heavy atom. The van der Waals surface area contributed by atoms with Gasteiger partial charge in [-0.2, -0.15) is 0 Å². The monoisotopic (exact) mass is 313 g/mol. The Labute approximate surface area is 134 Å². The van der Waals surface area contributed by atoms with Gasteiger partial charge in [-0.1, -0.05) is 6.07 Å². The van der Waals surface area contributed by atoms with E-state index in [0.29, 0.717) is 31.4 Å². The maximum atomic E-state index is 12.1. The number of nitrogens with one attached hydrogen (secondary N) is 2. The van der Waals surface area contributed by atoms with E-state index in [1.54, 1.807) is 18.3 Å². The van der Waals surface area contributed by atoms with Crippen LogP contribution < -0.4 is 10.6 Å². The van der Waals surface area contributed by atoms with Gasteiger partial charge in [0, 0.05) is 25.3 Å². The molecule has 2 N–H and O–H groups in total. The summed E-state index contributed by atoms with van der Waals surface area (Å²) in [7, 11) is 0. The number of ether oxygens (including phenoxy) is 1. The van der Waals surface area contributed by atoms with Crippen LogP contribution in [-0.2, 0) is 16.1 Å². The quantitative estimate of drug-likeness (QED) is 0.875. The largest absolute Gasteiger partial charge is 0.381 e. The molecular weight excluding hydrogens is 294 g/mol. The van der Waals surface area contributed by atoms with Crippen LogP contribution in [0, 0.1) is 5.92 Å². The van der Waals surface area contributed by atoms with Crippen LogP contribution in [-0.4, -0.2) is 34.3 Å². The minimum atomic E-state index is -0.0169. The van der Waals surface area contributed by atoms with Crippen molar-refractivity contribution < 1.29 is 9.53 Å². The molecule has 1 saturated heterocycles. The number of rotatable bonds is 5. The van der Waals surface area contributed by atoms with Gasteiger partial charge in [0.25, 0.3) is 0 Å². The van der Waals surface area contributed by atoms with Crippen molar-refractivity contribution in [3.05, 3.63) is 42.2 Å². The Hall–Kier alpha value is -2.54. The lowest BCUT2D eigenvalue weighted by atomic mass is 9.99. The lowest BCUT2D eigenvalue weighted by molar-refractivity contribution is -0.122. The first-order chi connectivity index (χ1) is 11.3. The zero-order valence-electron chi connectivity index (χ0n) is 12.7. The lowest BCUT2D eigenvalue weighted by Gasteiger charge is -2.20. The molecule has 2 aromatic heterocycles. The molecule has 0 unspecified atom stereocenters. The third kappa shape index (κ3) is 4.46. The molecule has 0 atom stereocenters. The third-order valence-electron chi connectivity index (χ3n) is 3.68. The highest BCUT2D eigenvalue weighted by Gasteiger charge is 2.21. The fourth-order valence-electron chi connectivity index (χ4n) is 2.37. The molecule has 0 saturated carbocycles. The number of pyridine rings is 1. The van der Waals surface area contributed by atoms with Gasteiger partial charge >= 0.3 is 0 Å². The first-order valence-corrected chi connectivity index (χ1v) is 7.67. The van der Waals surface area contributed by atoms with Crippen molar-refractivity contribution in [1.29, 1.82) is 0 Å². The smallest absolute Gasteiger partial charge is 0.228 e. The highest BCUT2D eigenvalue weighted by Crippen LogP contribution is 2.17. The molecule has 3 heterocycles. The fraction of sp³-hybridized carbons (Fsp3) is 0.375. The topological polar surface area (TPSA) is 89.0 Å². The molecule has 3 rings (SSSR count). The molecule has 1 aliphatic heterocycles. The Balaban J connectivity index is 1.51. The van der Waals surface area contributed by atoms with Crippen LogP contribution in [0.4, 0.5) is 11.6 Å². The van der Waals surface area contributed by atoms with E-state index in [-0.39, 0.29) is 11.8 Å². The summed E-state index contributed by atoms with van der Waals surface area (Å²) in [4.78, 5) is 16.3. The number of anilines is 2. The van der Waals surface area contributed by atoms with E-state index < -0.39 is 0 Å². The van der Waals surface area contributed by atoms with E-state index in [9.17, 15) is 4.79 Å². The molecule has 1 aliphatic rings. The van der Waals surface area contributed by atoms with E-state index in [0.717, 1.165) is 18.5 Å². The lowest BCUT2D eigenvalue weighted by Crippen LogP contribution is -2.28. The summed E-state index contributed by atoms with van der Waals surface area (Å²) in [5.74, 6) is 1.08. The van der Waals surface area contributed by atoms with Crippen molar-refractivity contribution in [2.45, 2.75) is 19.4 Å². The van der Waals surface area contributed by atoms with Crippen molar-refractivity contribution >= 4 is 17.5 Å². The SMILES string of the molecule is O=C(Nc1ccc(NCc2ccccn2)nn1)C1CCOCC1. The predicted molar refractivity (Wildman–Crippen MR) is 85.8 cm³/mol. The van der Waals surface area contributed by atoms with Crippen molar-refractivity contribution in [1.82, 2.24) is 15.2 Å². The summed E-state index contributed by atoms with van der Waals surface area (Å²) in [5, 5.41) is 14.0. The van der Waals surface area contributed by atoms with Gasteiger partial charge in [-0.3, -0.25) is 9.78 Å². The molecule has 0 spiro atoms. The number of carbonyl (C=O) groups excluding carboxylic acids is 1. The summed E-state index contributed by atoms with van der Waals surface area (Å²) < 4.78 is 5.26. The highest BCUT2D eigenvalue weighted by molar-refractivity contribution is 5.91. The molecule has 2 aromatic rings. The van der Waals surface area contributed by atoms with Crippen LogP contribution in [0.15, 0.2) is 36.5 Å². The van der Waals surface area contributed by atoms with E-state index in [2.05, 4.69) is 25.8 Å². The Bertz CT molecular complexity index is 627. The van der Waals surface area contributed by atoms with Gasteiger partial charge in [-0.05, 0) is 37.1 Å². The molecule has 23 heavy (non-hydrogen) atoms. The first kappa shape index (κ1) is 15.4. The summed E-state index contributed by atoms with van der Waals surface area (Å²) in [5.41, 5.74) is 0.922. The standard InChI is InChI=1S/C16H19N5O2/c22-16(12-6-9-23-10-7-12)19-15-5-4-14(20-21-15)18-11-13-3-1-2-8-17-13/h1-5,8,12H,6-7,9-11H2,(H,18,20)(H,19,21,22). The van der Waals surface area contributed by atoms with Crippen molar-refractivity contribution in [3.63, 3.8) is 0 Å². The van der Waals surface area contributed by atoms with Gasteiger partial charge in [-0.15, -0.1) is 10.2 Å². The van der Waals surface area contributed by atoms with Crippen LogP contribution in [0.2, 0.25) is 0 Å².